The van der Waals surface area contributed by atoms with Gasteiger partial charge in [-0.25, -0.2) is 0 Å². The van der Waals surface area contributed by atoms with Crippen molar-refractivity contribution in [1.82, 2.24) is 19.8 Å². The number of para-hydroxylation sites is 1. The molecule has 5 nitrogen and oxygen atoms in total. The summed E-state index contributed by atoms with van der Waals surface area (Å²) in [6.45, 7) is 0. The van der Waals surface area contributed by atoms with Crippen LogP contribution in [-0.2, 0) is 0 Å². The first kappa shape index (κ1) is 9.77. The van der Waals surface area contributed by atoms with Gasteiger partial charge in [0, 0.05) is 24.5 Å². The van der Waals surface area contributed by atoms with Crippen molar-refractivity contribution in [3.63, 3.8) is 0 Å². The van der Waals surface area contributed by atoms with Gasteiger partial charge in [-0.15, -0.1) is 10.2 Å². The van der Waals surface area contributed by atoms with Gasteiger partial charge in [0.25, 0.3) is 0 Å². The van der Waals surface area contributed by atoms with E-state index >= 15 is 0 Å². The van der Waals surface area contributed by atoms with Crippen LogP contribution in [0.1, 0.15) is 0 Å². The minimum atomic E-state index is 0.741. The Kier molecular flexibility index (Phi) is 2.22. The fraction of sp³-hybridized carbons (Fsp3) is 0.0833. The number of hydrogen-bond acceptors (Lipinski definition) is 4. The topological polar surface area (TPSA) is 55.1 Å². The lowest BCUT2D eigenvalue weighted by atomic mass is 10.1. The molecular formula is C12H11N5. The molecule has 3 rings (SSSR count). The molecule has 0 unspecified atom stereocenters. The van der Waals surface area contributed by atoms with Crippen LogP contribution in [0.25, 0.3) is 17.0 Å². The molecule has 2 heterocycles. The van der Waals surface area contributed by atoms with E-state index in [1.54, 1.807) is 10.7 Å². The number of aromatic nitrogens is 4. The monoisotopic (exact) mass is 225 g/mol. The molecule has 0 saturated heterocycles. The van der Waals surface area contributed by atoms with Crippen molar-refractivity contribution in [1.29, 1.82) is 0 Å². The maximum Gasteiger partial charge on any atom is 0.187 e. The number of fused-ring (bicyclic) bond motifs is 1. The van der Waals surface area contributed by atoms with Crippen LogP contribution in [0.4, 0.5) is 5.69 Å². The molecule has 0 amide bonds. The Morgan fingerprint density at radius 2 is 1.94 bits per heavy atom. The number of hydrogen-bond donors (Lipinski definition) is 1. The molecule has 3 aromatic rings. The molecule has 1 aromatic carbocycles. The maximum atomic E-state index is 4.26. The van der Waals surface area contributed by atoms with Gasteiger partial charge in [-0.1, -0.05) is 12.1 Å². The second-order valence-corrected chi connectivity index (χ2v) is 3.61. The van der Waals surface area contributed by atoms with Gasteiger partial charge < -0.3 is 5.32 Å². The molecule has 2 aromatic heterocycles. The quantitative estimate of drug-likeness (QED) is 0.723. The second-order valence-electron chi connectivity index (χ2n) is 3.61. The van der Waals surface area contributed by atoms with Crippen LogP contribution in [0, 0.1) is 0 Å². The highest BCUT2D eigenvalue weighted by Gasteiger charge is 2.11. The summed E-state index contributed by atoms with van der Waals surface area (Å²) in [6, 6.07) is 11.7. The van der Waals surface area contributed by atoms with Crippen molar-refractivity contribution in [3.8, 4) is 11.4 Å². The molecule has 0 saturated carbocycles. The molecule has 0 aliphatic rings. The SMILES string of the molecule is CNc1ccccc1-c1nnc2cccnn12. The van der Waals surface area contributed by atoms with Gasteiger partial charge >= 0.3 is 0 Å². The molecule has 1 N–H and O–H groups in total. The normalized spacial score (nSPS) is 10.6. The molecule has 5 heteroatoms. The van der Waals surface area contributed by atoms with E-state index in [2.05, 4.69) is 20.6 Å². The van der Waals surface area contributed by atoms with Gasteiger partial charge in [-0.3, -0.25) is 0 Å². The summed E-state index contributed by atoms with van der Waals surface area (Å²) in [5.41, 5.74) is 2.74. The minimum Gasteiger partial charge on any atom is -0.388 e. The smallest absolute Gasteiger partial charge is 0.187 e. The Hall–Kier alpha value is -2.43. The van der Waals surface area contributed by atoms with Gasteiger partial charge in [0.1, 0.15) is 0 Å². The van der Waals surface area contributed by atoms with E-state index in [0.29, 0.717) is 0 Å². The van der Waals surface area contributed by atoms with Crippen molar-refractivity contribution in [2.45, 2.75) is 0 Å². The van der Waals surface area contributed by atoms with Crippen molar-refractivity contribution < 1.29 is 0 Å². The van der Waals surface area contributed by atoms with Gasteiger partial charge in [-0.05, 0) is 24.3 Å². The Morgan fingerprint density at radius 3 is 2.82 bits per heavy atom. The number of nitrogens with zero attached hydrogens (tertiary/aromatic N) is 4. The Balaban J connectivity index is 2.27. The third kappa shape index (κ3) is 1.52. The van der Waals surface area contributed by atoms with Crippen LogP contribution >= 0.6 is 0 Å². The van der Waals surface area contributed by atoms with E-state index in [0.717, 1.165) is 22.7 Å². The molecule has 0 aliphatic carbocycles. The van der Waals surface area contributed by atoms with E-state index in [-0.39, 0.29) is 0 Å². The number of benzene rings is 1. The van der Waals surface area contributed by atoms with Gasteiger partial charge in [0.05, 0.1) is 0 Å². The van der Waals surface area contributed by atoms with Crippen LogP contribution in [0.2, 0.25) is 0 Å². The van der Waals surface area contributed by atoms with Crippen LogP contribution in [0.5, 0.6) is 0 Å². The molecule has 0 radical (unpaired) electrons. The summed E-state index contributed by atoms with van der Waals surface area (Å²) in [5.74, 6) is 0.741. The Morgan fingerprint density at radius 1 is 1.06 bits per heavy atom. The fourth-order valence-corrected chi connectivity index (χ4v) is 1.81. The average molecular weight is 225 g/mol. The van der Waals surface area contributed by atoms with Crippen LogP contribution < -0.4 is 5.32 Å². The molecule has 0 atom stereocenters. The lowest BCUT2D eigenvalue weighted by molar-refractivity contribution is 0.936. The van der Waals surface area contributed by atoms with Crippen molar-refractivity contribution in [3.05, 3.63) is 42.6 Å². The highest BCUT2D eigenvalue weighted by Crippen LogP contribution is 2.25. The third-order valence-electron chi connectivity index (χ3n) is 2.62. The summed E-state index contributed by atoms with van der Waals surface area (Å²) >= 11 is 0. The predicted molar refractivity (Wildman–Crippen MR) is 65.8 cm³/mol. The van der Waals surface area contributed by atoms with Crippen molar-refractivity contribution >= 4 is 11.3 Å². The van der Waals surface area contributed by atoms with E-state index in [1.165, 1.54) is 0 Å². The van der Waals surface area contributed by atoms with Gasteiger partial charge in [0.2, 0.25) is 0 Å². The highest BCUT2D eigenvalue weighted by atomic mass is 15.4. The first-order valence-corrected chi connectivity index (χ1v) is 5.34. The summed E-state index contributed by atoms with van der Waals surface area (Å²) in [6.07, 6.45) is 1.72. The van der Waals surface area contributed by atoms with Gasteiger partial charge in [-0.2, -0.15) is 9.61 Å². The van der Waals surface area contributed by atoms with Crippen LogP contribution in [0.3, 0.4) is 0 Å². The lowest BCUT2D eigenvalue weighted by Crippen LogP contribution is -1.97. The van der Waals surface area contributed by atoms with Crippen molar-refractivity contribution in [2.24, 2.45) is 0 Å². The largest absolute Gasteiger partial charge is 0.388 e. The highest BCUT2D eigenvalue weighted by molar-refractivity contribution is 5.74. The standard InChI is InChI=1S/C12H11N5/c1-13-10-6-3-2-5-9(10)12-16-15-11-7-4-8-14-17(11)12/h2-8,13H,1H3. The maximum absolute atomic E-state index is 4.26. The summed E-state index contributed by atoms with van der Waals surface area (Å²) in [5, 5.41) is 15.7. The minimum absolute atomic E-state index is 0.741. The second kappa shape index (κ2) is 3.86. The fourth-order valence-electron chi connectivity index (χ4n) is 1.81. The molecular weight excluding hydrogens is 214 g/mol. The van der Waals surface area contributed by atoms with Crippen LogP contribution in [0.15, 0.2) is 42.6 Å². The first-order chi connectivity index (χ1) is 8.40. The molecule has 0 fully saturated rings. The summed E-state index contributed by atoms with van der Waals surface area (Å²) in [4.78, 5) is 0. The zero-order valence-electron chi connectivity index (χ0n) is 9.33. The molecule has 0 bridgehead atoms. The number of nitrogens with one attached hydrogen (secondary N) is 1. The zero-order chi connectivity index (χ0) is 11.7. The van der Waals surface area contributed by atoms with E-state index in [4.69, 9.17) is 0 Å². The van der Waals surface area contributed by atoms with E-state index in [1.807, 2.05) is 43.4 Å². The zero-order valence-corrected chi connectivity index (χ0v) is 9.33. The molecule has 84 valence electrons. The lowest BCUT2D eigenvalue weighted by Gasteiger charge is -2.06. The summed E-state index contributed by atoms with van der Waals surface area (Å²) in [7, 11) is 1.88. The average Bonchev–Trinajstić information content (AvgIpc) is 2.82. The third-order valence-corrected chi connectivity index (χ3v) is 2.62. The van der Waals surface area contributed by atoms with E-state index in [9.17, 15) is 0 Å². The molecule has 17 heavy (non-hydrogen) atoms. The van der Waals surface area contributed by atoms with E-state index < -0.39 is 0 Å². The first-order valence-electron chi connectivity index (χ1n) is 5.34. The number of anilines is 1. The number of rotatable bonds is 2. The Bertz CT molecular complexity index is 659. The van der Waals surface area contributed by atoms with Crippen LogP contribution in [-0.4, -0.2) is 26.9 Å². The Labute approximate surface area is 98.1 Å². The molecule has 0 aliphatic heterocycles. The predicted octanol–water partition coefficient (Wildman–Crippen LogP) is 1.83. The van der Waals surface area contributed by atoms with Crippen molar-refractivity contribution in [2.75, 3.05) is 12.4 Å². The molecule has 0 spiro atoms. The van der Waals surface area contributed by atoms with Gasteiger partial charge in [0.15, 0.2) is 11.5 Å². The summed E-state index contributed by atoms with van der Waals surface area (Å²) < 4.78 is 1.73.